The van der Waals surface area contributed by atoms with Gasteiger partial charge in [-0.2, -0.15) is 0 Å². The SMILES string of the molecule is C[C@@H]1C2CN(C)[C@H]1[I-]N2C(C(=O)O)c1ccccc1. The average molecular weight is 373 g/mol. The molecule has 3 rings (SSSR count). The van der Waals surface area contributed by atoms with E-state index in [1.807, 2.05) is 30.3 Å². The summed E-state index contributed by atoms with van der Waals surface area (Å²) in [4.78, 5) is 14.1. The van der Waals surface area contributed by atoms with E-state index in [4.69, 9.17) is 0 Å². The number of rotatable bonds is 3. The van der Waals surface area contributed by atoms with Gasteiger partial charge in [-0.15, -0.1) is 0 Å². The molecule has 1 aromatic rings. The van der Waals surface area contributed by atoms with Crippen LogP contribution in [0.25, 0.3) is 0 Å². The number of aliphatic carboxylic acids is 1. The number of hydrogen-bond acceptors (Lipinski definition) is 3. The van der Waals surface area contributed by atoms with Crippen molar-refractivity contribution < 1.29 is 31.4 Å². The van der Waals surface area contributed by atoms with Crippen molar-refractivity contribution in [2.75, 3.05) is 13.6 Å². The molecule has 2 aliphatic rings. The zero-order valence-electron chi connectivity index (χ0n) is 11.0. The van der Waals surface area contributed by atoms with Crippen LogP contribution in [-0.2, 0) is 4.79 Å². The molecular weight excluding hydrogens is 355 g/mol. The molecule has 0 amide bonds. The normalized spacial score (nSPS) is 33.1. The molecule has 2 unspecified atom stereocenters. The summed E-state index contributed by atoms with van der Waals surface area (Å²) >= 11 is -0.242. The van der Waals surface area contributed by atoms with Crippen molar-refractivity contribution in [3.8, 4) is 0 Å². The average Bonchev–Trinajstić information content (AvgIpc) is 2.83. The molecule has 4 nitrogen and oxygen atoms in total. The molecule has 1 aromatic carbocycles. The van der Waals surface area contributed by atoms with Crippen LogP contribution in [0.1, 0.15) is 18.5 Å². The van der Waals surface area contributed by atoms with Crippen LogP contribution in [0.3, 0.4) is 0 Å². The van der Waals surface area contributed by atoms with E-state index >= 15 is 0 Å². The number of likely N-dealkylation sites (N-methyl/N-ethyl adjacent to an activating group) is 1. The summed E-state index contributed by atoms with van der Waals surface area (Å²) in [6.07, 6.45) is 0. The van der Waals surface area contributed by atoms with Gasteiger partial charge in [0.1, 0.15) is 0 Å². The third-order valence-electron chi connectivity index (χ3n) is 4.06. The second-order valence-electron chi connectivity index (χ2n) is 5.33. The first-order valence-corrected chi connectivity index (χ1v) is 8.70. The van der Waals surface area contributed by atoms with Crippen molar-refractivity contribution >= 4 is 5.97 Å². The Kier molecular flexibility index (Phi) is 3.53. The van der Waals surface area contributed by atoms with Gasteiger partial charge in [-0.05, 0) is 0 Å². The molecule has 104 valence electrons. The minimum atomic E-state index is -0.715. The van der Waals surface area contributed by atoms with Crippen molar-refractivity contribution in [3.05, 3.63) is 35.9 Å². The number of halogens is 1. The van der Waals surface area contributed by atoms with Crippen LogP contribution in [0, 0.1) is 5.92 Å². The molecule has 0 radical (unpaired) electrons. The quantitative estimate of drug-likeness (QED) is 0.300. The predicted molar refractivity (Wildman–Crippen MR) is 68.0 cm³/mol. The predicted octanol–water partition coefficient (Wildman–Crippen LogP) is -1.59. The van der Waals surface area contributed by atoms with E-state index in [0.717, 1.165) is 12.1 Å². The van der Waals surface area contributed by atoms with Gasteiger partial charge in [0.25, 0.3) is 0 Å². The Labute approximate surface area is 124 Å². The number of fused-ring (bicyclic) bond motifs is 2. The van der Waals surface area contributed by atoms with Crippen LogP contribution in [0.5, 0.6) is 0 Å². The number of benzene rings is 1. The van der Waals surface area contributed by atoms with Gasteiger partial charge < -0.3 is 0 Å². The van der Waals surface area contributed by atoms with Gasteiger partial charge in [0, 0.05) is 0 Å². The number of carboxylic acids is 1. The number of likely N-dealkylation sites (tertiary alicyclic amines) is 1. The first kappa shape index (κ1) is 13.3. The van der Waals surface area contributed by atoms with Crippen LogP contribution in [0.4, 0.5) is 0 Å². The Morgan fingerprint density at radius 2 is 2.11 bits per heavy atom. The summed E-state index contributed by atoms with van der Waals surface area (Å²) < 4.78 is 2.89. The van der Waals surface area contributed by atoms with Crippen molar-refractivity contribution in [2.45, 2.75) is 23.1 Å². The molecule has 2 fully saturated rings. The summed E-state index contributed by atoms with van der Waals surface area (Å²) in [7, 11) is 2.16. The van der Waals surface area contributed by atoms with Crippen LogP contribution >= 0.6 is 0 Å². The molecule has 2 aliphatic heterocycles. The van der Waals surface area contributed by atoms with Crippen LogP contribution in [0.15, 0.2) is 30.3 Å². The van der Waals surface area contributed by atoms with Gasteiger partial charge in [0.05, 0.1) is 0 Å². The van der Waals surface area contributed by atoms with Gasteiger partial charge in [0.15, 0.2) is 0 Å². The summed E-state index contributed by atoms with van der Waals surface area (Å²) in [5.74, 6) is -0.114. The van der Waals surface area contributed by atoms with E-state index in [1.165, 1.54) is 0 Å². The van der Waals surface area contributed by atoms with Gasteiger partial charge in [0.2, 0.25) is 0 Å². The number of carboxylic acid groups (broad SMARTS) is 1. The molecule has 0 aromatic heterocycles. The van der Waals surface area contributed by atoms with E-state index in [-0.39, 0.29) is 21.5 Å². The summed E-state index contributed by atoms with van der Waals surface area (Å²) in [6, 6.07) is 9.60. The zero-order valence-corrected chi connectivity index (χ0v) is 13.2. The van der Waals surface area contributed by atoms with E-state index in [0.29, 0.717) is 16.0 Å². The van der Waals surface area contributed by atoms with Crippen molar-refractivity contribution in [1.29, 1.82) is 0 Å². The Bertz CT molecular complexity index is 482. The summed E-state index contributed by atoms with van der Waals surface area (Å²) in [5.41, 5.74) is 0.914. The van der Waals surface area contributed by atoms with Gasteiger partial charge >= 0.3 is 124 Å². The summed E-state index contributed by atoms with van der Waals surface area (Å²) in [6.45, 7) is 3.27. The molecular formula is C14H18IN2O2-. The minimum absolute atomic E-state index is 0.242. The van der Waals surface area contributed by atoms with E-state index in [2.05, 4.69) is 22.0 Å². The van der Waals surface area contributed by atoms with E-state index < -0.39 is 12.0 Å². The van der Waals surface area contributed by atoms with Crippen molar-refractivity contribution in [3.63, 3.8) is 0 Å². The topological polar surface area (TPSA) is 43.8 Å². The fourth-order valence-electron chi connectivity index (χ4n) is 3.07. The molecule has 19 heavy (non-hydrogen) atoms. The molecule has 1 N–H and O–H groups in total. The van der Waals surface area contributed by atoms with Crippen molar-refractivity contribution in [2.24, 2.45) is 5.92 Å². The Morgan fingerprint density at radius 3 is 2.58 bits per heavy atom. The third-order valence-corrected chi connectivity index (χ3v) is 8.63. The van der Waals surface area contributed by atoms with Gasteiger partial charge in [-0.1, -0.05) is 0 Å². The van der Waals surface area contributed by atoms with E-state index in [9.17, 15) is 9.90 Å². The molecule has 2 heterocycles. The standard InChI is InChI=1S/C14H18IN2O2/c1-9-11-8-16(2)13(9)15-17(11)12(14(18)19)10-6-4-3-5-7-10/h3-7,9,11-13H,8H2,1-2H3,(H,18,19)/q-1/t9-,11?,12?,13-/m1/s1. The number of hydrogen-bond donors (Lipinski definition) is 1. The van der Waals surface area contributed by atoms with E-state index in [1.54, 1.807) is 0 Å². The fourth-order valence-corrected chi connectivity index (χ4v) is 7.35. The maximum absolute atomic E-state index is 11.7. The second kappa shape index (κ2) is 5.03. The molecule has 2 saturated heterocycles. The summed E-state index contributed by atoms with van der Waals surface area (Å²) in [5, 5.41) is 9.63. The molecule has 4 atom stereocenters. The number of alkyl halides is 1. The van der Waals surface area contributed by atoms with Crippen LogP contribution in [-0.4, -0.2) is 42.8 Å². The molecule has 0 aliphatic carbocycles. The third kappa shape index (κ3) is 2.17. The molecule has 0 saturated carbocycles. The zero-order chi connectivity index (χ0) is 13.6. The molecule has 0 spiro atoms. The fraction of sp³-hybridized carbons (Fsp3) is 0.500. The monoisotopic (exact) mass is 373 g/mol. The Hall–Kier alpha value is -0.660. The molecule has 5 heteroatoms. The number of carbonyl (C=O) groups is 1. The van der Waals surface area contributed by atoms with Crippen LogP contribution < -0.4 is 21.5 Å². The van der Waals surface area contributed by atoms with Gasteiger partial charge in [-0.25, -0.2) is 0 Å². The first-order chi connectivity index (χ1) is 9.09. The maximum atomic E-state index is 11.7. The Balaban J connectivity index is 1.90. The first-order valence-electron chi connectivity index (χ1n) is 6.49. The Morgan fingerprint density at radius 1 is 1.42 bits per heavy atom. The van der Waals surface area contributed by atoms with Crippen molar-refractivity contribution in [1.82, 2.24) is 8.01 Å². The van der Waals surface area contributed by atoms with Crippen LogP contribution in [0.2, 0.25) is 0 Å². The molecule has 2 bridgehead atoms. The number of nitrogens with zero attached hydrogens (tertiary/aromatic N) is 2. The second-order valence-corrected chi connectivity index (χ2v) is 8.28. The van der Waals surface area contributed by atoms with Gasteiger partial charge in [-0.3, -0.25) is 0 Å².